The van der Waals surface area contributed by atoms with E-state index in [-0.39, 0.29) is 67.5 Å². The van der Waals surface area contributed by atoms with Crippen molar-refractivity contribution in [3.63, 3.8) is 0 Å². The fourth-order valence-corrected chi connectivity index (χ4v) is 3.50. The summed E-state index contributed by atoms with van der Waals surface area (Å²) in [6.07, 6.45) is 5.54. The molecule has 2 N–H and O–H groups in total. The Labute approximate surface area is 213 Å². The maximum atomic E-state index is 12.4. The van der Waals surface area contributed by atoms with E-state index < -0.39 is 11.8 Å². The Kier molecular flexibility index (Phi) is 13.6. The monoisotopic (exact) mass is 508 g/mol. The molecule has 3 unspecified atom stereocenters. The minimum atomic E-state index is -0.402. The Bertz CT molecular complexity index is 824. The summed E-state index contributed by atoms with van der Waals surface area (Å²) in [4.78, 5) is 64.5. The molecular formula is C25H40N4O7. The molecule has 1 heterocycles. The minimum Gasteiger partial charge on any atom is -0.388 e. The third-order valence-electron chi connectivity index (χ3n) is 6.02. The van der Waals surface area contributed by atoms with Crippen LogP contribution in [0.25, 0.3) is 0 Å². The van der Waals surface area contributed by atoms with Gasteiger partial charge in [-0.2, -0.15) is 0 Å². The number of nitrogens with zero attached hydrogens (tertiary/aromatic N) is 2. The second-order valence-corrected chi connectivity index (χ2v) is 9.39. The van der Waals surface area contributed by atoms with Gasteiger partial charge in [0.05, 0.1) is 26.0 Å². The lowest BCUT2D eigenvalue weighted by molar-refractivity contribution is -0.137. The van der Waals surface area contributed by atoms with Crippen LogP contribution in [0.1, 0.15) is 60.3 Å². The molecule has 36 heavy (non-hydrogen) atoms. The molecule has 1 aliphatic rings. The van der Waals surface area contributed by atoms with Crippen LogP contribution in [0, 0.1) is 11.3 Å². The Morgan fingerprint density at radius 2 is 1.83 bits per heavy atom. The van der Waals surface area contributed by atoms with Crippen molar-refractivity contribution in [3.05, 3.63) is 12.2 Å². The number of Topliss-reactive ketones (excluding diaryl/α,β-unsaturated/α-hetero) is 1. The fourth-order valence-electron chi connectivity index (χ4n) is 3.50. The third-order valence-corrected chi connectivity index (χ3v) is 6.02. The zero-order valence-corrected chi connectivity index (χ0v) is 22.0. The van der Waals surface area contributed by atoms with Crippen LogP contribution in [0.2, 0.25) is 0 Å². The largest absolute Gasteiger partial charge is 0.388 e. The van der Waals surface area contributed by atoms with Gasteiger partial charge in [0, 0.05) is 37.6 Å². The van der Waals surface area contributed by atoms with E-state index in [4.69, 9.17) is 9.57 Å². The number of hydrogen-bond donors (Lipinski definition) is 2. The van der Waals surface area contributed by atoms with Crippen molar-refractivity contribution in [3.8, 4) is 0 Å². The predicted octanol–water partition coefficient (Wildman–Crippen LogP) is 1.36. The first-order valence-corrected chi connectivity index (χ1v) is 12.3. The minimum absolute atomic E-state index is 0.0248. The standard InChI is InChI=1S/C25H40N4O7/c1-6-20(28-21(31)10-13-29-23(33)8-9-24(29)34)18(3)15-35-17-25(5,7-2)14-22(32)26-11-12-27-36-16-19(4)30/h8-9,12,18,20H,6-7,10-11,13-17H2,1-5H3,(H,26,32)(H,28,31)/b27-12+. The highest BCUT2D eigenvalue weighted by Crippen LogP contribution is 2.26. The van der Waals surface area contributed by atoms with E-state index in [9.17, 15) is 24.0 Å². The van der Waals surface area contributed by atoms with E-state index in [1.807, 2.05) is 27.7 Å². The van der Waals surface area contributed by atoms with Gasteiger partial charge < -0.3 is 20.2 Å². The lowest BCUT2D eigenvalue weighted by atomic mass is 9.84. The average molecular weight is 509 g/mol. The van der Waals surface area contributed by atoms with Gasteiger partial charge in [-0.3, -0.25) is 28.9 Å². The molecule has 0 spiro atoms. The van der Waals surface area contributed by atoms with Gasteiger partial charge in [0.15, 0.2) is 12.4 Å². The molecule has 0 aromatic rings. The van der Waals surface area contributed by atoms with Crippen LogP contribution in [-0.2, 0) is 33.5 Å². The number of rotatable bonds is 18. The number of hydrogen-bond acceptors (Lipinski definition) is 8. The van der Waals surface area contributed by atoms with Crippen molar-refractivity contribution in [2.24, 2.45) is 16.5 Å². The molecule has 4 amide bonds. The molecule has 0 aromatic heterocycles. The summed E-state index contributed by atoms with van der Waals surface area (Å²) in [5.74, 6) is -1.29. The molecule has 11 heteroatoms. The molecule has 1 rings (SSSR count). The highest BCUT2D eigenvalue weighted by Gasteiger charge is 2.28. The average Bonchev–Trinajstić information content (AvgIpc) is 3.14. The van der Waals surface area contributed by atoms with E-state index in [1.165, 1.54) is 25.3 Å². The molecule has 0 aromatic carbocycles. The first-order chi connectivity index (χ1) is 17.0. The molecule has 1 aliphatic heterocycles. The molecule has 0 bridgehead atoms. The van der Waals surface area contributed by atoms with Crippen LogP contribution in [0.4, 0.5) is 0 Å². The lowest BCUT2D eigenvalue weighted by Gasteiger charge is -2.29. The normalized spacial score (nSPS) is 16.6. The quantitative estimate of drug-likeness (QED) is 0.162. The van der Waals surface area contributed by atoms with Gasteiger partial charge >= 0.3 is 0 Å². The van der Waals surface area contributed by atoms with Crippen LogP contribution in [0.3, 0.4) is 0 Å². The van der Waals surface area contributed by atoms with Crippen molar-refractivity contribution in [1.82, 2.24) is 15.5 Å². The summed E-state index contributed by atoms with van der Waals surface area (Å²) in [5, 5.41) is 9.31. The van der Waals surface area contributed by atoms with E-state index in [2.05, 4.69) is 15.8 Å². The Balaban J connectivity index is 2.39. The maximum absolute atomic E-state index is 12.4. The number of imide groups is 1. The van der Waals surface area contributed by atoms with Crippen molar-refractivity contribution < 1.29 is 33.5 Å². The first-order valence-electron chi connectivity index (χ1n) is 12.3. The van der Waals surface area contributed by atoms with Crippen molar-refractivity contribution in [2.45, 2.75) is 66.3 Å². The Morgan fingerprint density at radius 3 is 2.42 bits per heavy atom. The lowest BCUT2D eigenvalue weighted by Crippen LogP contribution is -2.42. The number of ketones is 1. The number of carbonyl (C=O) groups excluding carboxylic acids is 5. The smallest absolute Gasteiger partial charge is 0.253 e. The number of carbonyl (C=O) groups is 5. The summed E-state index contributed by atoms with van der Waals surface area (Å²) >= 11 is 0. The van der Waals surface area contributed by atoms with Crippen molar-refractivity contribution >= 4 is 35.6 Å². The Hall–Kier alpha value is -3.08. The van der Waals surface area contributed by atoms with Gasteiger partial charge in [0.1, 0.15) is 0 Å². The van der Waals surface area contributed by atoms with Gasteiger partial charge in [0.25, 0.3) is 11.8 Å². The molecule has 0 radical (unpaired) electrons. The van der Waals surface area contributed by atoms with Gasteiger partial charge in [-0.05, 0) is 31.1 Å². The molecule has 11 nitrogen and oxygen atoms in total. The summed E-state index contributed by atoms with van der Waals surface area (Å²) in [7, 11) is 0. The molecule has 0 saturated carbocycles. The predicted molar refractivity (Wildman–Crippen MR) is 134 cm³/mol. The number of amides is 4. The number of ether oxygens (including phenoxy) is 1. The first kappa shape index (κ1) is 31.0. The van der Waals surface area contributed by atoms with Crippen LogP contribution >= 0.6 is 0 Å². The van der Waals surface area contributed by atoms with E-state index >= 15 is 0 Å². The van der Waals surface area contributed by atoms with E-state index in [0.717, 1.165) is 11.3 Å². The summed E-state index contributed by atoms with van der Waals surface area (Å²) in [6.45, 7) is 10.3. The number of nitrogens with one attached hydrogen (secondary N) is 2. The fraction of sp³-hybridized carbons (Fsp3) is 0.680. The molecule has 0 saturated heterocycles. The van der Waals surface area contributed by atoms with Crippen molar-refractivity contribution in [1.29, 1.82) is 0 Å². The van der Waals surface area contributed by atoms with Gasteiger partial charge in [-0.25, -0.2) is 0 Å². The summed E-state index contributed by atoms with van der Waals surface area (Å²) in [6, 6.07) is -0.124. The van der Waals surface area contributed by atoms with Crippen LogP contribution in [0.5, 0.6) is 0 Å². The Morgan fingerprint density at radius 1 is 1.17 bits per heavy atom. The zero-order chi connectivity index (χ0) is 27.1. The maximum Gasteiger partial charge on any atom is 0.253 e. The molecule has 0 fully saturated rings. The molecular weight excluding hydrogens is 468 g/mol. The molecule has 0 aliphatic carbocycles. The van der Waals surface area contributed by atoms with Crippen LogP contribution < -0.4 is 10.6 Å². The highest BCUT2D eigenvalue weighted by molar-refractivity contribution is 6.13. The SMILES string of the molecule is CCC(NC(=O)CCN1C(=O)C=CC1=O)C(C)COCC(C)(CC)CC(=O)NC/C=N/OCC(C)=O. The van der Waals surface area contributed by atoms with E-state index in [0.29, 0.717) is 19.6 Å². The van der Waals surface area contributed by atoms with Gasteiger partial charge in [-0.1, -0.05) is 32.9 Å². The summed E-state index contributed by atoms with van der Waals surface area (Å²) < 4.78 is 5.95. The highest BCUT2D eigenvalue weighted by atomic mass is 16.6. The van der Waals surface area contributed by atoms with Crippen LogP contribution in [-0.4, -0.2) is 79.5 Å². The summed E-state index contributed by atoms with van der Waals surface area (Å²) in [5.41, 5.74) is -0.361. The van der Waals surface area contributed by atoms with Gasteiger partial charge in [-0.15, -0.1) is 0 Å². The molecule has 3 atom stereocenters. The van der Waals surface area contributed by atoms with Gasteiger partial charge in [0.2, 0.25) is 11.8 Å². The zero-order valence-electron chi connectivity index (χ0n) is 22.0. The van der Waals surface area contributed by atoms with E-state index in [1.54, 1.807) is 0 Å². The third kappa shape index (κ3) is 11.6. The van der Waals surface area contributed by atoms with Crippen LogP contribution in [0.15, 0.2) is 17.3 Å². The second kappa shape index (κ2) is 15.8. The topological polar surface area (TPSA) is 143 Å². The second-order valence-electron chi connectivity index (χ2n) is 9.39. The van der Waals surface area contributed by atoms with Crippen molar-refractivity contribution in [2.75, 3.05) is 32.9 Å². The molecule has 202 valence electrons. The number of oxime groups is 1.